The number of thioether (sulfide) groups is 1. The second kappa shape index (κ2) is 10.2. The Morgan fingerprint density at radius 3 is 2.48 bits per heavy atom. The third kappa shape index (κ3) is 6.48. The van der Waals surface area contributed by atoms with E-state index in [1.807, 2.05) is 13.8 Å². The van der Waals surface area contributed by atoms with E-state index in [0.717, 1.165) is 6.92 Å². The number of halogens is 2. The van der Waals surface area contributed by atoms with E-state index in [1.165, 1.54) is 11.8 Å². The molecule has 0 saturated carbocycles. The smallest absolute Gasteiger partial charge is 0.245 e. The molecule has 0 spiro atoms. The van der Waals surface area contributed by atoms with E-state index in [0.29, 0.717) is 19.4 Å². The number of hydrogen-bond donors (Lipinski definition) is 5. The largest absolute Gasteiger partial charge is 0.388 e. The van der Waals surface area contributed by atoms with Crippen molar-refractivity contribution in [1.29, 1.82) is 0 Å². The first-order valence-corrected chi connectivity index (χ1v) is 11.4. The molecule has 0 aliphatic carbocycles. The summed E-state index contributed by atoms with van der Waals surface area (Å²) in [5, 5.41) is 36.6. The van der Waals surface area contributed by atoms with Gasteiger partial charge in [-0.25, -0.2) is 8.78 Å². The number of aliphatic hydroxyl groups is 3. The Bertz CT molecular complexity index is 549. The second-order valence-corrected chi connectivity index (χ2v) is 9.56. The molecule has 2 fully saturated rings. The summed E-state index contributed by atoms with van der Waals surface area (Å²) < 4.78 is 32.0. The molecule has 170 valence electrons. The molecule has 0 aromatic carbocycles. The molecule has 0 aromatic heterocycles. The molecule has 0 bridgehead atoms. The van der Waals surface area contributed by atoms with Gasteiger partial charge in [0.25, 0.3) is 0 Å². The predicted octanol–water partition coefficient (Wildman–Crippen LogP) is 0.711. The van der Waals surface area contributed by atoms with Gasteiger partial charge in [-0.1, -0.05) is 13.8 Å². The molecule has 2 aliphatic rings. The Balaban J connectivity index is 1.99. The SMILES string of the molecule is CSC1OC(C(NC(=O)C2CC(CCC(C)(F)F)CN2)C(C)C)C(O)C(O)C1O. The Hall–Kier alpha value is -0.520. The van der Waals surface area contributed by atoms with Gasteiger partial charge in [0, 0.05) is 6.42 Å². The number of carbonyl (C=O) groups excluding carboxylic acids is 1. The fraction of sp³-hybridized carbons (Fsp3) is 0.947. The van der Waals surface area contributed by atoms with Crippen molar-refractivity contribution < 1.29 is 33.6 Å². The summed E-state index contributed by atoms with van der Waals surface area (Å²) in [6, 6.07) is -1.09. The van der Waals surface area contributed by atoms with Gasteiger partial charge in [0.15, 0.2) is 0 Å². The maximum atomic E-state index is 13.1. The van der Waals surface area contributed by atoms with Crippen molar-refractivity contribution in [2.75, 3.05) is 12.8 Å². The van der Waals surface area contributed by atoms with Crippen molar-refractivity contribution in [1.82, 2.24) is 10.6 Å². The van der Waals surface area contributed by atoms with Crippen molar-refractivity contribution in [3.8, 4) is 0 Å². The molecule has 10 heteroatoms. The van der Waals surface area contributed by atoms with Crippen LogP contribution < -0.4 is 10.6 Å². The monoisotopic (exact) mass is 440 g/mol. The summed E-state index contributed by atoms with van der Waals surface area (Å²) in [5.41, 5.74) is -0.721. The molecule has 29 heavy (non-hydrogen) atoms. The fourth-order valence-electron chi connectivity index (χ4n) is 3.94. The van der Waals surface area contributed by atoms with E-state index >= 15 is 0 Å². The number of ether oxygens (including phenoxy) is 1. The van der Waals surface area contributed by atoms with Crippen LogP contribution in [-0.4, -0.2) is 81.9 Å². The van der Waals surface area contributed by atoms with Crippen LogP contribution in [0.3, 0.4) is 0 Å². The van der Waals surface area contributed by atoms with Crippen molar-refractivity contribution in [3.05, 3.63) is 0 Å². The minimum Gasteiger partial charge on any atom is -0.388 e. The summed E-state index contributed by atoms with van der Waals surface area (Å²) in [5.74, 6) is -3.11. The van der Waals surface area contributed by atoms with E-state index in [9.17, 15) is 28.9 Å². The van der Waals surface area contributed by atoms with Gasteiger partial charge in [0.05, 0.1) is 12.1 Å². The van der Waals surface area contributed by atoms with E-state index in [2.05, 4.69) is 10.6 Å². The topological polar surface area (TPSA) is 111 Å². The van der Waals surface area contributed by atoms with Crippen LogP contribution in [0.15, 0.2) is 0 Å². The highest BCUT2D eigenvalue weighted by atomic mass is 32.2. The summed E-state index contributed by atoms with van der Waals surface area (Å²) in [6.07, 6.45) is -2.51. The standard InChI is InChI=1S/C19H34F2N2O5S/c1-9(2)12(16-14(25)13(24)15(26)18(28-16)29-4)23-17(27)11-7-10(8-22-11)5-6-19(3,20)21/h9-16,18,22,24-26H,5-8H2,1-4H3,(H,23,27). The average molecular weight is 441 g/mol. The molecular formula is C19H34F2N2O5S. The van der Waals surface area contributed by atoms with Crippen LogP contribution in [0.2, 0.25) is 0 Å². The first-order valence-electron chi connectivity index (χ1n) is 10.1. The predicted molar refractivity (Wildman–Crippen MR) is 107 cm³/mol. The zero-order chi connectivity index (χ0) is 21.9. The molecule has 7 nitrogen and oxygen atoms in total. The number of amides is 1. The molecule has 2 saturated heterocycles. The number of aliphatic hydroxyl groups excluding tert-OH is 3. The lowest BCUT2D eigenvalue weighted by Crippen LogP contribution is -2.64. The summed E-state index contributed by atoms with van der Waals surface area (Å²) in [6.45, 7) is 5.12. The van der Waals surface area contributed by atoms with Crippen molar-refractivity contribution >= 4 is 17.7 Å². The van der Waals surface area contributed by atoms with Crippen LogP contribution in [0.1, 0.15) is 40.0 Å². The third-order valence-electron chi connectivity index (χ3n) is 5.75. The van der Waals surface area contributed by atoms with Crippen LogP contribution >= 0.6 is 11.8 Å². The maximum Gasteiger partial charge on any atom is 0.245 e. The van der Waals surface area contributed by atoms with Crippen LogP contribution in [0.5, 0.6) is 0 Å². The van der Waals surface area contributed by atoms with Crippen molar-refractivity contribution in [3.63, 3.8) is 0 Å². The fourth-order valence-corrected chi connectivity index (χ4v) is 4.62. The molecule has 2 aliphatic heterocycles. The quantitative estimate of drug-likeness (QED) is 0.378. The molecule has 2 rings (SSSR count). The van der Waals surface area contributed by atoms with Gasteiger partial charge in [-0.2, -0.15) is 0 Å². The molecule has 2 heterocycles. The van der Waals surface area contributed by atoms with E-state index in [1.54, 1.807) is 6.26 Å². The maximum absolute atomic E-state index is 13.1. The zero-order valence-corrected chi connectivity index (χ0v) is 18.2. The number of hydrogen-bond acceptors (Lipinski definition) is 7. The summed E-state index contributed by atoms with van der Waals surface area (Å²) in [4.78, 5) is 12.8. The van der Waals surface area contributed by atoms with Crippen LogP contribution in [-0.2, 0) is 9.53 Å². The first kappa shape index (κ1) is 24.7. The second-order valence-electron chi connectivity index (χ2n) is 8.63. The van der Waals surface area contributed by atoms with Crippen LogP contribution in [0.25, 0.3) is 0 Å². The summed E-state index contributed by atoms with van der Waals surface area (Å²) in [7, 11) is 0. The number of rotatable bonds is 8. The van der Waals surface area contributed by atoms with Crippen LogP contribution in [0, 0.1) is 11.8 Å². The van der Waals surface area contributed by atoms with Gasteiger partial charge in [0.2, 0.25) is 11.8 Å². The van der Waals surface area contributed by atoms with Gasteiger partial charge < -0.3 is 30.7 Å². The molecule has 8 atom stereocenters. The van der Waals surface area contributed by atoms with Gasteiger partial charge >= 0.3 is 0 Å². The lowest BCUT2D eigenvalue weighted by molar-refractivity contribution is -0.208. The summed E-state index contributed by atoms with van der Waals surface area (Å²) >= 11 is 1.21. The van der Waals surface area contributed by atoms with E-state index in [4.69, 9.17) is 4.74 Å². The Labute approximate surface area is 175 Å². The zero-order valence-electron chi connectivity index (χ0n) is 17.3. The normalized spacial score (nSPS) is 37.0. The minimum absolute atomic E-state index is 0.00318. The van der Waals surface area contributed by atoms with Crippen LogP contribution in [0.4, 0.5) is 8.78 Å². The number of carbonyl (C=O) groups is 1. The Kier molecular flexibility index (Phi) is 8.70. The third-order valence-corrected chi connectivity index (χ3v) is 6.60. The highest BCUT2D eigenvalue weighted by Crippen LogP contribution is 2.31. The highest BCUT2D eigenvalue weighted by Gasteiger charge is 2.47. The minimum atomic E-state index is -2.71. The number of nitrogens with one attached hydrogen (secondary N) is 2. The van der Waals surface area contributed by atoms with Gasteiger partial charge in [-0.05, 0) is 44.4 Å². The molecule has 0 radical (unpaired) electrons. The van der Waals surface area contributed by atoms with Gasteiger partial charge in [-0.15, -0.1) is 11.8 Å². The highest BCUT2D eigenvalue weighted by molar-refractivity contribution is 7.99. The molecular weight excluding hydrogens is 406 g/mol. The van der Waals surface area contributed by atoms with Gasteiger partial charge in [-0.3, -0.25) is 4.79 Å². The van der Waals surface area contributed by atoms with E-state index < -0.39 is 47.9 Å². The van der Waals surface area contributed by atoms with Crippen molar-refractivity contribution in [2.24, 2.45) is 11.8 Å². The van der Waals surface area contributed by atoms with E-state index in [-0.39, 0.29) is 24.2 Å². The molecule has 8 unspecified atom stereocenters. The van der Waals surface area contributed by atoms with Crippen molar-refractivity contribution in [2.45, 2.75) is 87.9 Å². The van der Waals surface area contributed by atoms with Gasteiger partial charge in [0.1, 0.15) is 29.9 Å². The molecule has 0 aromatic rings. The Morgan fingerprint density at radius 2 is 1.93 bits per heavy atom. The molecule has 5 N–H and O–H groups in total. The lowest BCUT2D eigenvalue weighted by atomic mass is 9.88. The lowest BCUT2D eigenvalue weighted by Gasteiger charge is -2.44. The molecule has 1 amide bonds. The average Bonchev–Trinajstić information content (AvgIpc) is 3.12. The Morgan fingerprint density at radius 1 is 1.28 bits per heavy atom. The number of alkyl halides is 2. The first-order chi connectivity index (χ1) is 13.4.